The van der Waals surface area contributed by atoms with Crippen LogP contribution in [0.4, 0.5) is 14.9 Å². The molecule has 3 nitrogen and oxygen atoms in total. The summed E-state index contributed by atoms with van der Waals surface area (Å²) in [5.41, 5.74) is 3.28. The van der Waals surface area contributed by atoms with E-state index >= 15 is 0 Å². The lowest BCUT2D eigenvalue weighted by molar-refractivity contribution is 0.214. The average molecular weight is 324 g/mol. The Hall–Kier alpha value is -2.36. The number of carbonyl (C=O) groups is 1. The molecule has 0 N–H and O–H groups in total. The van der Waals surface area contributed by atoms with Crippen molar-refractivity contribution >= 4 is 11.7 Å². The predicted molar refractivity (Wildman–Crippen MR) is 92.8 cm³/mol. The van der Waals surface area contributed by atoms with Crippen LogP contribution in [0.1, 0.15) is 29.9 Å². The number of likely N-dealkylation sites (tertiary alicyclic amines) is 1. The molecule has 2 aromatic rings. The molecule has 0 spiro atoms. The normalized spacial score (nSPS) is 20.1. The Kier molecular flexibility index (Phi) is 3.97. The molecule has 24 heavy (non-hydrogen) atoms. The number of carbonyl (C=O) groups excluding carboxylic acids is 1. The van der Waals surface area contributed by atoms with Gasteiger partial charge in [0.25, 0.3) is 0 Å². The molecule has 1 atom stereocenters. The first kappa shape index (κ1) is 15.2. The minimum Gasteiger partial charge on any atom is -0.324 e. The van der Waals surface area contributed by atoms with Gasteiger partial charge in [0.15, 0.2) is 0 Å². The van der Waals surface area contributed by atoms with Crippen molar-refractivity contribution in [1.82, 2.24) is 4.90 Å². The van der Waals surface area contributed by atoms with E-state index in [1.54, 1.807) is 12.1 Å². The second-order valence-corrected chi connectivity index (χ2v) is 6.65. The fourth-order valence-corrected chi connectivity index (χ4v) is 3.87. The van der Waals surface area contributed by atoms with Crippen molar-refractivity contribution in [3.05, 3.63) is 65.5 Å². The topological polar surface area (TPSA) is 23.6 Å². The molecule has 0 saturated carbocycles. The SMILES string of the molecule is O=C(N1CCC(c2cccc(F)c2)C1)N1CCCc2ccccc21. The summed E-state index contributed by atoms with van der Waals surface area (Å²) in [4.78, 5) is 16.8. The molecule has 1 fully saturated rings. The summed E-state index contributed by atoms with van der Waals surface area (Å²) < 4.78 is 13.4. The van der Waals surface area contributed by atoms with Gasteiger partial charge in [0.05, 0.1) is 0 Å². The summed E-state index contributed by atoms with van der Waals surface area (Å²) in [6.07, 6.45) is 2.93. The van der Waals surface area contributed by atoms with Crippen molar-refractivity contribution in [1.29, 1.82) is 0 Å². The van der Waals surface area contributed by atoms with Gasteiger partial charge >= 0.3 is 6.03 Å². The maximum Gasteiger partial charge on any atom is 0.324 e. The smallest absolute Gasteiger partial charge is 0.324 e. The number of amides is 2. The Morgan fingerprint density at radius 1 is 1.08 bits per heavy atom. The van der Waals surface area contributed by atoms with Gasteiger partial charge in [0.2, 0.25) is 0 Å². The van der Waals surface area contributed by atoms with Crippen LogP contribution in [0.15, 0.2) is 48.5 Å². The lowest BCUT2D eigenvalue weighted by Gasteiger charge is -2.32. The number of anilines is 1. The van der Waals surface area contributed by atoms with Crippen LogP contribution in [0.2, 0.25) is 0 Å². The van der Waals surface area contributed by atoms with Gasteiger partial charge in [-0.25, -0.2) is 9.18 Å². The first-order valence-electron chi connectivity index (χ1n) is 8.62. The van der Waals surface area contributed by atoms with Crippen LogP contribution in [0.25, 0.3) is 0 Å². The fourth-order valence-electron chi connectivity index (χ4n) is 3.87. The molecule has 0 aliphatic carbocycles. The van der Waals surface area contributed by atoms with Crippen LogP contribution in [0.3, 0.4) is 0 Å². The molecule has 2 aliphatic heterocycles. The Morgan fingerprint density at radius 3 is 2.83 bits per heavy atom. The lowest BCUT2D eigenvalue weighted by Crippen LogP contribution is -2.44. The Labute approximate surface area is 141 Å². The van der Waals surface area contributed by atoms with E-state index < -0.39 is 0 Å². The third kappa shape index (κ3) is 2.77. The number of halogens is 1. The summed E-state index contributed by atoms with van der Waals surface area (Å²) in [7, 11) is 0. The molecule has 124 valence electrons. The summed E-state index contributed by atoms with van der Waals surface area (Å²) >= 11 is 0. The number of aryl methyl sites for hydroxylation is 1. The number of rotatable bonds is 1. The van der Waals surface area contributed by atoms with Crippen LogP contribution < -0.4 is 4.90 Å². The molecule has 2 heterocycles. The standard InChI is InChI=1S/C20H21FN2O/c21-18-8-3-6-16(13-18)17-10-12-22(14-17)20(24)23-11-4-7-15-5-1-2-9-19(15)23/h1-3,5-6,8-9,13,17H,4,7,10-12,14H2. The summed E-state index contributed by atoms with van der Waals surface area (Å²) in [5, 5.41) is 0. The van der Waals surface area contributed by atoms with Crippen molar-refractivity contribution in [3.63, 3.8) is 0 Å². The highest BCUT2D eigenvalue weighted by molar-refractivity contribution is 5.93. The van der Waals surface area contributed by atoms with Gasteiger partial charge in [-0.3, -0.25) is 4.90 Å². The number of hydrogen-bond acceptors (Lipinski definition) is 1. The molecule has 2 aliphatic rings. The second kappa shape index (κ2) is 6.27. The second-order valence-electron chi connectivity index (χ2n) is 6.65. The molecule has 4 rings (SSSR count). The Morgan fingerprint density at radius 2 is 1.96 bits per heavy atom. The van der Waals surface area contributed by atoms with Gasteiger partial charge in [-0.15, -0.1) is 0 Å². The van der Waals surface area contributed by atoms with Crippen LogP contribution >= 0.6 is 0 Å². The number of para-hydroxylation sites is 1. The van der Waals surface area contributed by atoms with Crippen LogP contribution in [-0.4, -0.2) is 30.6 Å². The number of hydrogen-bond donors (Lipinski definition) is 0. The average Bonchev–Trinajstić information content (AvgIpc) is 3.11. The van der Waals surface area contributed by atoms with Crippen LogP contribution in [0.5, 0.6) is 0 Å². The number of nitrogens with zero attached hydrogens (tertiary/aromatic N) is 2. The number of fused-ring (bicyclic) bond motifs is 1. The molecule has 0 aromatic heterocycles. The first-order valence-corrected chi connectivity index (χ1v) is 8.62. The van der Waals surface area contributed by atoms with E-state index in [0.29, 0.717) is 6.54 Å². The molecule has 0 radical (unpaired) electrons. The van der Waals surface area contributed by atoms with E-state index in [0.717, 1.165) is 43.6 Å². The maximum absolute atomic E-state index is 13.4. The monoisotopic (exact) mass is 324 g/mol. The molecule has 0 bridgehead atoms. The van der Waals surface area contributed by atoms with Crippen molar-refractivity contribution < 1.29 is 9.18 Å². The van der Waals surface area contributed by atoms with Crippen molar-refractivity contribution in [2.75, 3.05) is 24.5 Å². The quantitative estimate of drug-likeness (QED) is 0.771. The van der Waals surface area contributed by atoms with Gasteiger partial charge in [-0.2, -0.15) is 0 Å². The third-order valence-corrected chi connectivity index (χ3v) is 5.12. The molecular formula is C20H21FN2O. The predicted octanol–water partition coefficient (Wildman–Crippen LogP) is 4.19. The van der Waals surface area contributed by atoms with Gasteiger partial charge in [-0.1, -0.05) is 30.3 Å². The van der Waals surface area contributed by atoms with Crippen molar-refractivity contribution in [3.8, 4) is 0 Å². The summed E-state index contributed by atoms with van der Waals surface area (Å²) in [6, 6.07) is 15.0. The van der Waals surface area contributed by atoms with E-state index in [1.165, 1.54) is 11.6 Å². The van der Waals surface area contributed by atoms with Crippen molar-refractivity contribution in [2.24, 2.45) is 0 Å². The highest BCUT2D eigenvalue weighted by Crippen LogP contribution is 2.31. The Bertz CT molecular complexity index is 761. The van der Waals surface area contributed by atoms with E-state index in [4.69, 9.17) is 0 Å². The minimum atomic E-state index is -0.206. The lowest BCUT2D eigenvalue weighted by atomic mass is 9.98. The number of benzene rings is 2. The van der Waals surface area contributed by atoms with E-state index in [1.807, 2.05) is 34.1 Å². The molecule has 4 heteroatoms. The molecule has 1 unspecified atom stereocenters. The highest BCUT2D eigenvalue weighted by Gasteiger charge is 2.32. The van der Waals surface area contributed by atoms with E-state index in [-0.39, 0.29) is 17.8 Å². The first-order chi connectivity index (χ1) is 11.7. The van der Waals surface area contributed by atoms with E-state index in [9.17, 15) is 9.18 Å². The number of urea groups is 1. The Balaban J connectivity index is 1.51. The van der Waals surface area contributed by atoms with Gasteiger partial charge < -0.3 is 4.90 Å². The summed E-state index contributed by atoms with van der Waals surface area (Å²) in [6.45, 7) is 2.18. The molecule has 2 amide bonds. The third-order valence-electron chi connectivity index (χ3n) is 5.12. The molecule has 2 aromatic carbocycles. The highest BCUT2D eigenvalue weighted by atomic mass is 19.1. The fraction of sp³-hybridized carbons (Fsp3) is 0.350. The van der Waals surface area contributed by atoms with Gasteiger partial charge in [-0.05, 0) is 48.6 Å². The van der Waals surface area contributed by atoms with E-state index in [2.05, 4.69) is 6.07 Å². The molecule has 1 saturated heterocycles. The minimum absolute atomic E-state index is 0.0843. The zero-order chi connectivity index (χ0) is 16.5. The van der Waals surface area contributed by atoms with Crippen LogP contribution in [0, 0.1) is 5.82 Å². The zero-order valence-electron chi connectivity index (χ0n) is 13.6. The van der Waals surface area contributed by atoms with Gasteiger partial charge in [0, 0.05) is 31.2 Å². The molecular weight excluding hydrogens is 303 g/mol. The zero-order valence-corrected chi connectivity index (χ0v) is 13.6. The largest absolute Gasteiger partial charge is 0.324 e. The van der Waals surface area contributed by atoms with Gasteiger partial charge in [0.1, 0.15) is 5.82 Å². The van der Waals surface area contributed by atoms with Crippen LogP contribution in [-0.2, 0) is 6.42 Å². The maximum atomic E-state index is 13.4. The summed E-state index contributed by atoms with van der Waals surface area (Å²) in [5.74, 6) is 0.0203. The van der Waals surface area contributed by atoms with Crippen molar-refractivity contribution in [2.45, 2.75) is 25.2 Å².